The highest BCUT2D eigenvalue weighted by Crippen LogP contribution is 1.90. The van der Waals surface area contributed by atoms with Crippen LogP contribution in [0.15, 0.2) is 0 Å². The van der Waals surface area contributed by atoms with Gasteiger partial charge in [0.05, 0.1) is 6.07 Å². The summed E-state index contributed by atoms with van der Waals surface area (Å²) in [6.45, 7) is 4.68. The number of hydrogen-bond acceptors (Lipinski definition) is 3. The van der Waals surface area contributed by atoms with Crippen LogP contribution in [-0.2, 0) is 9.59 Å². The van der Waals surface area contributed by atoms with Gasteiger partial charge in [0, 0.05) is 19.0 Å². The SMILES string of the molecule is CC(C)C(=O)NCCCNC(=O)CC#N. The Bertz CT molecular complexity index is 256. The Balaban J connectivity index is 3.37. The normalized spacial score (nSPS) is 9.47. The highest BCUT2D eigenvalue weighted by molar-refractivity contribution is 5.78. The van der Waals surface area contributed by atoms with Gasteiger partial charge in [-0.25, -0.2) is 0 Å². The molecule has 84 valence electrons. The zero-order valence-electron chi connectivity index (χ0n) is 9.17. The maximum atomic E-state index is 11.1. The van der Waals surface area contributed by atoms with E-state index in [4.69, 9.17) is 5.26 Å². The van der Waals surface area contributed by atoms with Crippen LogP contribution in [0, 0.1) is 17.2 Å². The average Bonchev–Trinajstić information content (AvgIpc) is 2.17. The number of nitriles is 1. The van der Waals surface area contributed by atoms with Gasteiger partial charge in [0.25, 0.3) is 0 Å². The van der Waals surface area contributed by atoms with Crippen LogP contribution in [-0.4, -0.2) is 24.9 Å². The van der Waals surface area contributed by atoms with Crippen LogP contribution in [0.2, 0.25) is 0 Å². The van der Waals surface area contributed by atoms with Crippen LogP contribution < -0.4 is 10.6 Å². The standard InChI is InChI=1S/C10H17N3O2/c1-8(2)10(15)13-7-3-6-12-9(14)4-5-11/h8H,3-4,6-7H2,1-2H3,(H,12,14)(H,13,15). The first-order valence-corrected chi connectivity index (χ1v) is 4.99. The number of carbonyl (C=O) groups excluding carboxylic acids is 2. The van der Waals surface area contributed by atoms with E-state index in [2.05, 4.69) is 10.6 Å². The summed E-state index contributed by atoms with van der Waals surface area (Å²) >= 11 is 0. The topological polar surface area (TPSA) is 82.0 Å². The third-order valence-corrected chi connectivity index (χ3v) is 1.74. The van der Waals surface area contributed by atoms with Crippen LogP contribution in [0.3, 0.4) is 0 Å². The second-order valence-corrected chi connectivity index (χ2v) is 3.48. The van der Waals surface area contributed by atoms with E-state index in [9.17, 15) is 9.59 Å². The summed E-state index contributed by atoms with van der Waals surface area (Å²) in [5.41, 5.74) is 0. The smallest absolute Gasteiger partial charge is 0.234 e. The molecule has 0 spiro atoms. The molecule has 2 amide bonds. The molecule has 0 aromatic carbocycles. The van der Waals surface area contributed by atoms with E-state index in [1.807, 2.05) is 13.8 Å². The number of nitrogens with zero attached hydrogens (tertiary/aromatic N) is 1. The molecular weight excluding hydrogens is 194 g/mol. The minimum absolute atomic E-state index is 0.0124. The van der Waals surface area contributed by atoms with Crippen molar-refractivity contribution in [3.63, 3.8) is 0 Å². The number of hydrogen-bond donors (Lipinski definition) is 2. The van der Waals surface area contributed by atoms with Gasteiger partial charge in [-0.2, -0.15) is 5.26 Å². The molecule has 0 aliphatic heterocycles. The van der Waals surface area contributed by atoms with E-state index >= 15 is 0 Å². The predicted octanol–water partition coefficient (Wildman–Crippen LogP) is 0.179. The Kier molecular flexibility index (Phi) is 6.98. The number of nitrogens with one attached hydrogen (secondary N) is 2. The van der Waals surface area contributed by atoms with Crippen LogP contribution in [0.4, 0.5) is 0 Å². The van der Waals surface area contributed by atoms with Crippen molar-refractivity contribution in [2.75, 3.05) is 13.1 Å². The third kappa shape index (κ3) is 7.50. The Morgan fingerprint density at radius 1 is 1.27 bits per heavy atom. The molecular formula is C10H17N3O2. The minimum Gasteiger partial charge on any atom is -0.356 e. The molecule has 0 aliphatic rings. The molecule has 5 heteroatoms. The largest absolute Gasteiger partial charge is 0.356 e. The van der Waals surface area contributed by atoms with Crippen molar-refractivity contribution in [1.82, 2.24) is 10.6 Å². The summed E-state index contributed by atoms with van der Waals surface area (Å²) in [5.74, 6) is -0.274. The van der Waals surface area contributed by atoms with Gasteiger partial charge in [0.1, 0.15) is 6.42 Å². The summed E-state index contributed by atoms with van der Waals surface area (Å²) in [4.78, 5) is 21.9. The lowest BCUT2D eigenvalue weighted by Gasteiger charge is -2.07. The lowest BCUT2D eigenvalue weighted by atomic mass is 10.2. The second kappa shape index (κ2) is 7.80. The number of carbonyl (C=O) groups is 2. The van der Waals surface area contributed by atoms with Crippen molar-refractivity contribution in [3.8, 4) is 6.07 Å². The summed E-state index contributed by atoms with van der Waals surface area (Å²) in [7, 11) is 0. The Morgan fingerprint density at radius 3 is 2.40 bits per heavy atom. The summed E-state index contributed by atoms with van der Waals surface area (Å²) < 4.78 is 0. The molecule has 15 heavy (non-hydrogen) atoms. The Morgan fingerprint density at radius 2 is 1.87 bits per heavy atom. The van der Waals surface area contributed by atoms with Crippen LogP contribution in [0.1, 0.15) is 26.7 Å². The maximum absolute atomic E-state index is 11.1. The number of amides is 2. The van der Waals surface area contributed by atoms with E-state index in [-0.39, 0.29) is 24.2 Å². The average molecular weight is 211 g/mol. The van der Waals surface area contributed by atoms with Crippen molar-refractivity contribution in [2.24, 2.45) is 5.92 Å². The van der Waals surface area contributed by atoms with E-state index < -0.39 is 0 Å². The van der Waals surface area contributed by atoms with E-state index in [1.54, 1.807) is 6.07 Å². The number of rotatable bonds is 6. The monoisotopic (exact) mass is 211 g/mol. The van der Waals surface area contributed by atoms with Crippen molar-refractivity contribution in [3.05, 3.63) is 0 Å². The Labute approximate surface area is 89.8 Å². The molecule has 0 rings (SSSR count). The molecule has 0 saturated carbocycles. The van der Waals surface area contributed by atoms with Gasteiger partial charge in [-0.3, -0.25) is 9.59 Å². The summed E-state index contributed by atoms with van der Waals surface area (Å²) in [5, 5.41) is 13.5. The van der Waals surface area contributed by atoms with Gasteiger partial charge >= 0.3 is 0 Å². The van der Waals surface area contributed by atoms with Crippen LogP contribution >= 0.6 is 0 Å². The quantitative estimate of drug-likeness (QED) is 0.615. The molecule has 0 bridgehead atoms. The third-order valence-electron chi connectivity index (χ3n) is 1.74. The molecule has 5 nitrogen and oxygen atoms in total. The lowest BCUT2D eigenvalue weighted by molar-refractivity contribution is -0.123. The van der Waals surface area contributed by atoms with Gasteiger partial charge in [-0.15, -0.1) is 0 Å². The molecule has 0 heterocycles. The minimum atomic E-state index is -0.271. The van der Waals surface area contributed by atoms with Crippen molar-refractivity contribution >= 4 is 11.8 Å². The molecule has 0 aromatic rings. The molecule has 0 saturated heterocycles. The van der Waals surface area contributed by atoms with Crippen molar-refractivity contribution in [2.45, 2.75) is 26.7 Å². The van der Waals surface area contributed by atoms with Gasteiger partial charge in [-0.05, 0) is 6.42 Å². The van der Waals surface area contributed by atoms with E-state index in [1.165, 1.54) is 0 Å². The summed E-state index contributed by atoms with van der Waals surface area (Å²) in [6, 6.07) is 1.76. The van der Waals surface area contributed by atoms with Gasteiger partial charge < -0.3 is 10.6 Å². The molecule has 0 unspecified atom stereocenters. The fourth-order valence-electron chi connectivity index (χ4n) is 0.866. The molecule has 2 N–H and O–H groups in total. The molecule has 0 atom stereocenters. The molecule has 0 aromatic heterocycles. The van der Waals surface area contributed by atoms with Gasteiger partial charge in [0.2, 0.25) is 11.8 Å². The Hall–Kier alpha value is -1.57. The highest BCUT2D eigenvalue weighted by atomic mass is 16.2. The van der Waals surface area contributed by atoms with Crippen molar-refractivity contribution < 1.29 is 9.59 Å². The predicted molar refractivity (Wildman–Crippen MR) is 55.7 cm³/mol. The summed E-state index contributed by atoms with van der Waals surface area (Å²) in [6.07, 6.45) is 0.563. The zero-order chi connectivity index (χ0) is 11.7. The lowest BCUT2D eigenvalue weighted by Crippen LogP contribution is -2.31. The zero-order valence-corrected chi connectivity index (χ0v) is 9.17. The van der Waals surface area contributed by atoms with Crippen molar-refractivity contribution in [1.29, 1.82) is 5.26 Å². The van der Waals surface area contributed by atoms with E-state index in [0.717, 1.165) is 0 Å². The first kappa shape index (κ1) is 13.4. The van der Waals surface area contributed by atoms with Gasteiger partial charge in [0.15, 0.2) is 0 Å². The molecule has 0 radical (unpaired) electrons. The first-order valence-electron chi connectivity index (χ1n) is 4.99. The fraction of sp³-hybridized carbons (Fsp3) is 0.700. The molecule has 0 aliphatic carbocycles. The maximum Gasteiger partial charge on any atom is 0.234 e. The second-order valence-electron chi connectivity index (χ2n) is 3.48. The first-order chi connectivity index (χ1) is 7.07. The van der Waals surface area contributed by atoms with Crippen LogP contribution in [0.25, 0.3) is 0 Å². The molecule has 0 fully saturated rings. The van der Waals surface area contributed by atoms with Crippen LogP contribution in [0.5, 0.6) is 0 Å². The highest BCUT2D eigenvalue weighted by Gasteiger charge is 2.04. The van der Waals surface area contributed by atoms with E-state index in [0.29, 0.717) is 19.5 Å². The van der Waals surface area contributed by atoms with Gasteiger partial charge in [-0.1, -0.05) is 13.8 Å². The fourth-order valence-corrected chi connectivity index (χ4v) is 0.866.